The number of hydrogen-bond acceptors (Lipinski definition) is 6. The molecule has 2 aromatic rings. The van der Waals surface area contributed by atoms with Crippen molar-refractivity contribution in [3.05, 3.63) is 39.8 Å². The van der Waals surface area contributed by atoms with Gasteiger partial charge in [-0.25, -0.2) is 13.4 Å². The Balaban J connectivity index is 1.60. The van der Waals surface area contributed by atoms with Gasteiger partial charge in [0.25, 0.3) is 11.5 Å². The van der Waals surface area contributed by atoms with Crippen LogP contribution in [0.25, 0.3) is 0 Å². The molecule has 0 spiro atoms. The molecular formula is C15H20N6O4S. The Bertz CT molecular complexity index is 990. The topological polar surface area (TPSA) is 135 Å². The summed E-state index contributed by atoms with van der Waals surface area (Å²) in [5.74, 6) is -0.395. The molecule has 0 unspecified atom stereocenters. The molecule has 2 fully saturated rings. The molecule has 3 N–H and O–H groups in total. The van der Waals surface area contributed by atoms with E-state index in [-0.39, 0.29) is 29.1 Å². The lowest BCUT2D eigenvalue weighted by Gasteiger charge is -2.43. The lowest BCUT2D eigenvalue weighted by Crippen LogP contribution is -2.60. The summed E-state index contributed by atoms with van der Waals surface area (Å²) in [6.07, 6.45) is 1.62. The number of H-pyrrole nitrogens is 3. The molecule has 0 bridgehead atoms. The molecule has 0 aromatic carbocycles. The van der Waals surface area contributed by atoms with Crippen molar-refractivity contribution in [2.75, 3.05) is 24.6 Å². The molecule has 0 radical (unpaired) electrons. The minimum Gasteiger partial charge on any atom is -0.348 e. The van der Waals surface area contributed by atoms with Gasteiger partial charge in [0.2, 0.25) is 0 Å². The first-order valence-corrected chi connectivity index (χ1v) is 10.2. The first-order valence-electron chi connectivity index (χ1n) is 8.36. The summed E-state index contributed by atoms with van der Waals surface area (Å²) in [5, 5.41) is 4.89. The van der Waals surface area contributed by atoms with E-state index in [9.17, 15) is 18.0 Å². The molecule has 2 aromatic heterocycles. The van der Waals surface area contributed by atoms with Crippen LogP contribution in [0.1, 0.15) is 21.9 Å². The molecule has 2 saturated heterocycles. The van der Waals surface area contributed by atoms with Crippen molar-refractivity contribution in [1.82, 2.24) is 30.0 Å². The summed E-state index contributed by atoms with van der Waals surface area (Å²) in [5.41, 5.74) is 1.58. The van der Waals surface area contributed by atoms with Crippen molar-refractivity contribution in [3.63, 3.8) is 0 Å². The van der Waals surface area contributed by atoms with E-state index in [1.807, 2.05) is 6.92 Å². The molecule has 2 aliphatic rings. The van der Waals surface area contributed by atoms with Gasteiger partial charge in [-0.2, -0.15) is 0 Å². The van der Waals surface area contributed by atoms with Gasteiger partial charge in [0, 0.05) is 37.4 Å². The summed E-state index contributed by atoms with van der Waals surface area (Å²) in [4.78, 5) is 35.0. The van der Waals surface area contributed by atoms with Gasteiger partial charge in [0.1, 0.15) is 5.69 Å². The number of sulfone groups is 1. The van der Waals surface area contributed by atoms with Crippen LogP contribution >= 0.6 is 0 Å². The van der Waals surface area contributed by atoms with E-state index in [4.69, 9.17) is 0 Å². The number of aromatic nitrogens is 4. The third-order valence-corrected chi connectivity index (χ3v) is 6.86. The van der Waals surface area contributed by atoms with E-state index >= 15 is 0 Å². The summed E-state index contributed by atoms with van der Waals surface area (Å²) >= 11 is 0. The van der Waals surface area contributed by atoms with Crippen LogP contribution in [-0.2, 0) is 16.4 Å². The Kier molecular flexibility index (Phi) is 3.99. The number of nitrogens with zero attached hydrogens (tertiary/aromatic N) is 3. The molecule has 2 aliphatic heterocycles. The number of rotatable bonds is 3. The van der Waals surface area contributed by atoms with Gasteiger partial charge >= 0.3 is 0 Å². The van der Waals surface area contributed by atoms with E-state index in [1.165, 1.54) is 6.07 Å². The maximum Gasteiger partial charge on any atom is 0.272 e. The average Bonchev–Trinajstić information content (AvgIpc) is 3.26. The number of fused-ring (bicyclic) bond motifs is 1. The molecule has 11 heteroatoms. The number of amides is 1. The minimum atomic E-state index is -3.24. The number of hydrogen-bond donors (Lipinski definition) is 3. The SMILES string of the molecule is Cc1[nH]cnc1CN1CCN(C(=O)c2cc(=O)[nH][nH]2)[C@H]2CS(=O)(=O)C[C@H]21. The van der Waals surface area contributed by atoms with Gasteiger partial charge < -0.3 is 9.88 Å². The molecule has 4 heterocycles. The Morgan fingerprint density at radius 3 is 2.69 bits per heavy atom. The molecule has 10 nitrogen and oxygen atoms in total. The normalized spacial score (nSPS) is 25.3. The lowest BCUT2D eigenvalue weighted by atomic mass is 10.0. The highest BCUT2D eigenvalue weighted by Crippen LogP contribution is 2.29. The molecule has 2 atom stereocenters. The lowest BCUT2D eigenvalue weighted by molar-refractivity contribution is 0.0297. The zero-order valence-electron chi connectivity index (χ0n) is 14.2. The molecule has 140 valence electrons. The van der Waals surface area contributed by atoms with Gasteiger partial charge in [0.15, 0.2) is 9.84 Å². The largest absolute Gasteiger partial charge is 0.348 e. The third-order valence-electron chi connectivity index (χ3n) is 5.17. The zero-order chi connectivity index (χ0) is 18.5. The van der Waals surface area contributed by atoms with Gasteiger partial charge in [-0.3, -0.25) is 24.7 Å². The van der Waals surface area contributed by atoms with E-state index in [0.717, 1.165) is 11.4 Å². The van der Waals surface area contributed by atoms with Crippen molar-refractivity contribution in [1.29, 1.82) is 0 Å². The molecule has 26 heavy (non-hydrogen) atoms. The Morgan fingerprint density at radius 1 is 1.27 bits per heavy atom. The summed E-state index contributed by atoms with van der Waals surface area (Å²) in [6, 6.07) is 0.485. The maximum atomic E-state index is 12.7. The number of piperazine rings is 1. The number of nitrogens with one attached hydrogen (secondary N) is 3. The number of carbonyl (C=O) groups excluding carboxylic acids is 1. The van der Waals surface area contributed by atoms with Crippen molar-refractivity contribution in [2.45, 2.75) is 25.6 Å². The second-order valence-corrected chi connectivity index (χ2v) is 8.98. The van der Waals surface area contributed by atoms with E-state index in [1.54, 1.807) is 11.2 Å². The number of aryl methyl sites for hydroxylation is 1. The van der Waals surface area contributed by atoms with Crippen LogP contribution in [0.4, 0.5) is 0 Å². The fourth-order valence-corrected chi connectivity index (χ4v) is 5.83. The quantitative estimate of drug-likeness (QED) is 0.616. The van der Waals surface area contributed by atoms with Crippen molar-refractivity contribution in [2.24, 2.45) is 0 Å². The molecule has 0 aliphatic carbocycles. The molecule has 1 amide bonds. The molecule has 4 rings (SSSR count). The number of aromatic amines is 3. The highest BCUT2D eigenvalue weighted by Gasteiger charge is 2.48. The van der Waals surface area contributed by atoms with Crippen LogP contribution in [0, 0.1) is 6.92 Å². The highest BCUT2D eigenvalue weighted by atomic mass is 32.2. The fourth-order valence-electron chi connectivity index (χ4n) is 3.81. The monoisotopic (exact) mass is 380 g/mol. The second kappa shape index (κ2) is 6.09. The number of imidazole rings is 1. The predicted molar refractivity (Wildman–Crippen MR) is 92.4 cm³/mol. The third kappa shape index (κ3) is 2.97. The first-order chi connectivity index (χ1) is 12.3. The summed E-state index contributed by atoms with van der Waals surface area (Å²) in [7, 11) is -3.24. The van der Waals surface area contributed by atoms with Crippen LogP contribution < -0.4 is 5.56 Å². The fraction of sp³-hybridized carbons (Fsp3) is 0.533. The second-order valence-electron chi connectivity index (χ2n) is 6.83. The van der Waals surface area contributed by atoms with Crippen LogP contribution in [0.5, 0.6) is 0 Å². The Labute approximate surface area is 149 Å². The summed E-state index contributed by atoms with van der Waals surface area (Å²) in [6.45, 7) is 3.40. The minimum absolute atomic E-state index is 0.0224. The van der Waals surface area contributed by atoms with Gasteiger partial charge in [-0.05, 0) is 6.92 Å². The van der Waals surface area contributed by atoms with E-state index in [0.29, 0.717) is 19.6 Å². The van der Waals surface area contributed by atoms with E-state index < -0.39 is 21.4 Å². The average molecular weight is 380 g/mol. The van der Waals surface area contributed by atoms with Crippen LogP contribution in [0.3, 0.4) is 0 Å². The van der Waals surface area contributed by atoms with Crippen LogP contribution in [0.15, 0.2) is 17.2 Å². The van der Waals surface area contributed by atoms with Crippen molar-refractivity contribution in [3.8, 4) is 0 Å². The Morgan fingerprint density at radius 2 is 2.04 bits per heavy atom. The van der Waals surface area contributed by atoms with Crippen LogP contribution in [-0.4, -0.2) is 81.0 Å². The van der Waals surface area contributed by atoms with E-state index in [2.05, 4.69) is 25.1 Å². The summed E-state index contributed by atoms with van der Waals surface area (Å²) < 4.78 is 24.5. The van der Waals surface area contributed by atoms with Gasteiger partial charge in [0.05, 0.1) is 29.6 Å². The Hall–Kier alpha value is -2.40. The maximum absolute atomic E-state index is 12.7. The molecular weight excluding hydrogens is 360 g/mol. The van der Waals surface area contributed by atoms with Crippen molar-refractivity contribution >= 4 is 15.7 Å². The number of carbonyl (C=O) groups is 1. The van der Waals surface area contributed by atoms with Gasteiger partial charge in [-0.15, -0.1) is 0 Å². The molecule has 0 saturated carbocycles. The first kappa shape index (κ1) is 17.0. The van der Waals surface area contributed by atoms with Crippen LogP contribution in [0.2, 0.25) is 0 Å². The van der Waals surface area contributed by atoms with Crippen molar-refractivity contribution < 1.29 is 13.2 Å². The standard InChI is InChI=1S/C15H20N6O4S/c1-9-11(17-8-16-9)5-20-2-3-21(13-7-26(24,25)6-12(13)20)15(23)10-4-14(22)19-18-10/h4,8,12-13H,2-3,5-7H2,1H3,(H,16,17)(H2,18,19,22)/t12-,13+/m1/s1. The van der Waals surface area contributed by atoms with Gasteiger partial charge in [-0.1, -0.05) is 0 Å². The predicted octanol–water partition coefficient (Wildman–Crippen LogP) is -1.14. The smallest absolute Gasteiger partial charge is 0.272 e. The highest BCUT2D eigenvalue weighted by molar-refractivity contribution is 7.91. The zero-order valence-corrected chi connectivity index (χ0v) is 15.0.